The van der Waals surface area contributed by atoms with Crippen molar-refractivity contribution in [2.75, 3.05) is 26.2 Å². The predicted molar refractivity (Wildman–Crippen MR) is 78.2 cm³/mol. The Morgan fingerprint density at radius 1 is 1.29 bits per heavy atom. The van der Waals surface area contributed by atoms with Crippen LogP contribution in [0.2, 0.25) is 0 Å². The van der Waals surface area contributed by atoms with Gasteiger partial charge in [0.05, 0.1) is 6.20 Å². The third-order valence-electron chi connectivity index (χ3n) is 3.67. The molecule has 1 N–H and O–H groups in total. The lowest BCUT2D eigenvalue weighted by molar-refractivity contribution is -0.130. The topological polar surface area (TPSA) is 86.4 Å². The number of amides is 1. The Morgan fingerprint density at radius 2 is 2.05 bits per heavy atom. The quantitative estimate of drug-likeness (QED) is 0.882. The Balaban J connectivity index is 2.12. The number of aryl methyl sites for hydroxylation is 1. The number of H-pyrrole nitrogens is 1. The summed E-state index contributed by atoms with van der Waals surface area (Å²) in [7, 11) is -3.55. The summed E-state index contributed by atoms with van der Waals surface area (Å²) in [4.78, 5) is 20.4. The molecule has 0 atom stereocenters. The van der Waals surface area contributed by atoms with Gasteiger partial charge < -0.3 is 9.88 Å². The molecule has 118 valence electrons. The highest BCUT2D eigenvalue weighted by molar-refractivity contribution is 7.89. The zero-order valence-corrected chi connectivity index (χ0v) is 13.3. The molecule has 1 aromatic rings. The number of nitrogens with one attached hydrogen (secondary N) is 1. The molecule has 0 saturated carbocycles. The number of imidazole rings is 1. The molecule has 2 heterocycles. The molecule has 1 fully saturated rings. The summed E-state index contributed by atoms with van der Waals surface area (Å²) in [5.41, 5.74) is 0. The molecule has 0 spiro atoms. The second-order valence-corrected chi connectivity index (χ2v) is 6.95. The zero-order valence-electron chi connectivity index (χ0n) is 12.5. The van der Waals surface area contributed by atoms with E-state index in [0.717, 1.165) is 0 Å². The lowest BCUT2D eigenvalue weighted by Gasteiger charge is -2.21. The van der Waals surface area contributed by atoms with Crippen LogP contribution in [0.25, 0.3) is 0 Å². The van der Waals surface area contributed by atoms with Gasteiger partial charge in [0.25, 0.3) is 10.0 Å². The van der Waals surface area contributed by atoms with Crippen molar-refractivity contribution in [2.45, 2.75) is 38.1 Å². The van der Waals surface area contributed by atoms with Gasteiger partial charge in [-0.15, -0.1) is 0 Å². The highest BCUT2D eigenvalue weighted by Gasteiger charge is 2.29. The molecular weight excluding hydrogens is 292 g/mol. The molecule has 1 aliphatic heterocycles. The zero-order chi connectivity index (χ0) is 15.5. The lowest BCUT2D eigenvalue weighted by atomic mass is 10.3. The van der Waals surface area contributed by atoms with Crippen LogP contribution >= 0.6 is 0 Å². The van der Waals surface area contributed by atoms with Crippen LogP contribution in [0.4, 0.5) is 0 Å². The van der Waals surface area contributed by atoms with Gasteiger partial charge in [-0.05, 0) is 6.42 Å². The molecule has 1 amide bonds. The molecule has 0 radical (unpaired) electrons. The highest BCUT2D eigenvalue weighted by atomic mass is 32.2. The number of carbonyl (C=O) groups excluding carboxylic acids is 1. The normalized spacial score (nSPS) is 17.7. The van der Waals surface area contributed by atoms with Gasteiger partial charge in [-0.2, -0.15) is 4.31 Å². The van der Waals surface area contributed by atoms with Crippen molar-refractivity contribution in [3.05, 3.63) is 12.0 Å². The lowest BCUT2D eigenvalue weighted by Crippen LogP contribution is -2.37. The maximum atomic E-state index is 12.6. The second kappa shape index (κ2) is 6.57. The minimum Gasteiger partial charge on any atom is -0.341 e. The first-order valence-corrected chi connectivity index (χ1v) is 8.74. The van der Waals surface area contributed by atoms with Gasteiger partial charge in [-0.3, -0.25) is 4.79 Å². The number of rotatable bonds is 4. The average molecular weight is 314 g/mol. The van der Waals surface area contributed by atoms with Crippen LogP contribution in [0, 0.1) is 0 Å². The number of carbonyl (C=O) groups is 1. The molecule has 0 bridgehead atoms. The summed E-state index contributed by atoms with van der Waals surface area (Å²) in [6.07, 6.45) is 3.13. The molecule has 0 aliphatic carbocycles. The molecule has 21 heavy (non-hydrogen) atoms. The van der Waals surface area contributed by atoms with Crippen molar-refractivity contribution in [2.24, 2.45) is 0 Å². The Labute approximate surface area is 125 Å². The molecule has 1 aliphatic rings. The van der Waals surface area contributed by atoms with Crippen molar-refractivity contribution >= 4 is 15.9 Å². The van der Waals surface area contributed by atoms with Crippen LogP contribution in [0.1, 0.15) is 32.5 Å². The van der Waals surface area contributed by atoms with E-state index in [2.05, 4.69) is 9.97 Å². The second-order valence-electron chi connectivity index (χ2n) is 5.04. The first-order valence-electron chi connectivity index (χ1n) is 7.30. The monoisotopic (exact) mass is 314 g/mol. The maximum Gasteiger partial charge on any atom is 0.260 e. The van der Waals surface area contributed by atoms with Gasteiger partial charge in [-0.25, -0.2) is 13.4 Å². The van der Waals surface area contributed by atoms with Crippen LogP contribution in [0.15, 0.2) is 11.2 Å². The number of nitrogens with zero attached hydrogens (tertiary/aromatic N) is 3. The van der Waals surface area contributed by atoms with E-state index < -0.39 is 10.0 Å². The van der Waals surface area contributed by atoms with E-state index in [-0.39, 0.29) is 10.9 Å². The van der Waals surface area contributed by atoms with Gasteiger partial charge in [0.1, 0.15) is 5.82 Å². The van der Waals surface area contributed by atoms with Crippen LogP contribution < -0.4 is 0 Å². The molecule has 1 aromatic heterocycles. The van der Waals surface area contributed by atoms with Crippen molar-refractivity contribution in [1.82, 2.24) is 19.2 Å². The molecule has 7 nitrogen and oxygen atoms in total. The summed E-state index contributed by atoms with van der Waals surface area (Å²) in [5.74, 6) is 0.732. The Morgan fingerprint density at radius 3 is 2.67 bits per heavy atom. The summed E-state index contributed by atoms with van der Waals surface area (Å²) in [6.45, 7) is 5.54. The third kappa shape index (κ3) is 3.44. The average Bonchev–Trinajstić information content (AvgIpc) is 2.83. The van der Waals surface area contributed by atoms with E-state index in [4.69, 9.17) is 0 Å². The van der Waals surface area contributed by atoms with Gasteiger partial charge in [-0.1, -0.05) is 13.8 Å². The number of aromatic amines is 1. The van der Waals surface area contributed by atoms with E-state index >= 15 is 0 Å². The fraction of sp³-hybridized carbons (Fsp3) is 0.692. The van der Waals surface area contributed by atoms with Gasteiger partial charge in [0.2, 0.25) is 5.91 Å². The van der Waals surface area contributed by atoms with Crippen molar-refractivity contribution in [3.8, 4) is 0 Å². The fourth-order valence-corrected chi connectivity index (χ4v) is 3.80. The summed E-state index contributed by atoms with van der Waals surface area (Å²) in [6, 6.07) is 0. The van der Waals surface area contributed by atoms with E-state index in [1.807, 2.05) is 13.8 Å². The first kappa shape index (κ1) is 16.0. The van der Waals surface area contributed by atoms with E-state index in [9.17, 15) is 13.2 Å². The molecule has 2 rings (SSSR count). The van der Waals surface area contributed by atoms with Gasteiger partial charge in [0.15, 0.2) is 5.03 Å². The van der Waals surface area contributed by atoms with Crippen LogP contribution in [0.3, 0.4) is 0 Å². The SMILES string of the molecule is CCC(=O)N1CCCN(S(=O)(=O)c2cnc(CC)[nH]2)CC1. The molecular formula is C13H22N4O3S. The van der Waals surface area contributed by atoms with Crippen molar-refractivity contribution in [3.63, 3.8) is 0 Å². The van der Waals surface area contributed by atoms with Crippen molar-refractivity contribution in [1.29, 1.82) is 0 Å². The van der Waals surface area contributed by atoms with E-state index in [1.54, 1.807) is 4.90 Å². The standard InChI is InChI=1S/C13H22N4O3S/c1-3-11-14-10-12(15-11)21(19,20)17-7-5-6-16(8-9-17)13(18)4-2/h10H,3-9H2,1-2H3,(H,14,15). The van der Waals surface area contributed by atoms with Crippen LogP contribution in [0.5, 0.6) is 0 Å². The minimum absolute atomic E-state index is 0.0732. The molecule has 1 saturated heterocycles. The number of aromatic nitrogens is 2. The fourth-order valence-electron chi connectivity index (χ4n) is 2.40. The smallest absolute Gasteiger partial charge is 0.260 e. The third-order valence-corrected chi connectivity index (χ3v) is 5.48. The number of hydrogen-bond donors (Lipinski definition) is 1. The Hall–Kier alpha value is -1.41. The summed E-state index contributed by atoms with van der Waals surface area (Å²) < 4.78 is 26.6. The number of hydrogen-bond acceptors (Lipinski definition) is 4. The maximum absolute atomic E-state index is 12.6. The molecule has 8 heteroatoms. The summed E-state index contributed by atoms with van der Waals surface area (Å²) >= 11 is 0. The van der Waals surface area contributed by atoms with E-state index in [0.29, 0.717) is 51.3 Å². The Bertz CT molecular complexity index is 596. The van der Waals surface area contributed by atoms with Crippen LogP contribution in [-0.4, -0.2) is 59.7 Å². The van der Waals surface area contributed by atoms with Crippen LogP contribution in [-0.2, 0) is 21.2 Å². The number of sulfonamides is 1. The summed E-state index contributed by atoms with van der Waals surface area (Å²) in [5, 5.41) is 0.134. The van der Waals surface area contributed by atoms with Gasteiger partial charge in [0, 0.05) is 39.0 Å². The highest BCUT2D eigenvalue weighted by Crippen LogP contribution is 2.16. The van der Waals surface area contributed by atoms with Crippen molar-refractivity contribution < 1.29 is 13.2 Å². The predicted octanol–water partition coefficient (Wildman–Crippen LogP) is 0.605. The minimum atomic E-state index is -3.55. The van der Waals surface area contributed by atoms with E-state index in [1.165, 1.54) is 10.5 Å². The molecule has 0 unspecified atom stereocenters. The van der Waals surface area contributed by atoms with Gasteiger partial charge >= 0.3 is 0 Å². The Kier molecular flexibility index (Phi) is 5.00. The largest absolute Gasteiger partial charge is 0.341 e. The molecule has 0 aromatic carbocycles. The first-order chi connectivity index (χ1) is 9.98.